The van der Waals surface area contributed by atoms with E-state index in [-0.39, 0.29) is 0 Å². The zero-order chi connectivity index (χ0) is 10.6. The van der Waals surface area contributed by atoms with Crippen molar-refractivity contribution in [2.75, 3.05) is 5.08 Å². The van der Waals surface area contributed by atoms with E-state index < -0.39 is 40.5 Å². The molecule has 0 rings (SSSR count). The second-order valence-electron chi connectivity index (χ2n) is 1.70. The van der Waals surface area contributed by atoms with E-state index >= 15 is 0 Å². The molecule has 0 fully saturated rings. The number of halogens is 4. The molecule has 0 aliphatic rings. The van der Waals surface area contributed by atoms with Gasteiger partial charge in [0, 0.05) is 0 Å². The van der Waals surface area contributed by atoms with Gasteiger partial charge in [0.15, 0.2) is 22.2 Å². The van der Waals surface area contributed by atoms with E-state index in [2.05, 4.69) is 4.10 Å². The Kier molecular flexibility index (Phi) is 5.03. The highest BCUT2D eigenvalue weighted by molar-refractivity contribution is 7.97. The molecule has 2 unspecified atom stereocenters. The predicted octanol–water partition coefficient (Wildman–Crippen LogP) is 0.405. The van der Waals surface area contributed by atoms with Gasteiger partial charge in [0.25, 0.3) is 0 Å². The molecule has 2 atom stereocenters. The third-order valence-electron chi connectivity index (χ3n) is 0.646. The molecular weight excluding hydrogens is 239 g/mol. The first-order valence-electron chi connectivity index (χ1n) is 2.57. The highest BCUT2D eigenvalue weighted by Gasteiger charge is 2.50. The number of rotatable bonds is 4. The lowest BCUT2D eigenvalue weighted by Crippen LogP contribution is -2.34. The maximum atomic E-state index is 11.9. The van der Waals surface area contributed by atoms with Crippen molar-refractivity contribution in [3.8, 4) is 0 Å². The average Bonchev–Trinajstić information content (AvgIpc) is 1.82. The molecule has 0 radical (unpaired) electrons. The van der Waals surface area contributed by atoms with E-state index in [4.69, 9.17) is 4.55 Å². The largest absolute Gasteiger partial charge is 0.628 e. The van der Waals surface area contributed by atoms with E-state index in [1.807, 2.05) is 0 Å². The Morgan fingerprint density at radius 1 is 1.38 bits per heavy atom. The van der Waals surface area contributed by atoms with Crippen molar-refractivity contribution in [3.63, 3.8) is 0 Å². The molecule has 11 heteroatoms. The minimum absolute atomic E-state index is 1.09. The van der Waals surface area contributed by atoms with Gasteiger partial charge in [-0.3, -0.25) is 4.32 Å². The summed E-state index contributed by atoms with van der Waals surface area (Å²) in [6, 6.07) is 0. The minimum atomic E-state index is -5.29. The molecular formula is C2H3BF4O4S2. The van der Waals surface area contributed by atoms with Gasteiger partial charge in [0.1, 0.15) is 5.08 Å². The molecule has 0 aromatic rings. The van der Waals surface area contributed by atoms with Gasteiger partial charge in [0.2, 0.25) is 0 Å². The second-order valence-corrected chi connectivity index (χ2v) is 4.08. The fourth-order valence-electron chi connectivity index (χ4n) is 0.259. The second kappa shape index (κ2) is 5.03. The van der Waals surface area contributed by atoms with Crippen molar-refractivity contribution in [2.24, 2.45) is 0 Å². The SMILES string of the molecule is O=S(O)CS(=O)OB(F)C(F)(F)F. The summed E-state index contributed by atoms with van der Waals surface area (Å²) >= 11 is -5.37. The summed E-state index contributed by atoms with van der Waals surface area (Å²) in [5, 5.41) is -1.09. The van der Waals surface area contributed by atoms with Crippen LogP contribution in [0.25, 0.3) is 0 Å². The van der Waals surface area contributed by atoms with Gasteiger partial charge in [-0.05, 0) is 0 Å². The summed E-state index contributed by atoms with van der Waals surface area (Å²) in [4.78, 5) is 0. The van der Waals surface area contributed by atoms with Crippen LogP contribution in [0.3, 0.4) is 0 Å². The lowest BCUT2D eigenvalue weighted by molar-refractivity contribution is -0.0679. The first-order chi connectivity index (χ1) is 5.73. The highest BCUT2D eigenvalue weighted by Crippen LogP contribution is 2.21. The summed E-state index contributed by atoms with van der Waals surface area (Å²) in [5.41, 5.74) is 0. The molecule has 1 N–H and O–H groups in total. The molecule has 0 saturated heterocycles. The monoisotopic (exact) mass is 242 g/mol. The van der Waals surface area contributed by atoms with Gasteiger partial charge >= 0.3 is 13.3 Å². The molecule has 0 bridgehead atoms. The zero-order valence-electron chi connectivity index (χ0n) is 5.78. The summed E-state index contributed by atoms with van der Waals surface area (Å²) < 4.78 is 77.5. The van der Waals surface area contributed by atoms with Gasteiger partial charge in [-0.25, -0.2) is 8.42 Å². The van der Waals surface area contributed by atoms with Crippen LogP contribution in [0, 0.1) is 0 Å². The summed E-state index contributed by atoms with van der Waals surface area (Å²) in [6.45, 7) is 0. The van der Waals surface area contributed by atoms with Gasteiger partial charge in [-0.15, -0.1) is 0 Å². The number of alkyl halides is 3. The van der Waals surface area contributed by atoms with Crippen LogP contribution in [-0.4, -0.2) is 31.3 Å². The van der Waals surface area contributed by atoms with E-state index in [9.17, 15) is 25.9 Å². The molecule has 0 spiro atoms. The van der Waals surface area contributed by atoms with Gasteiger partial charge in [0.05, 0.1) is 0 Å². The van der Waals surface area contributed by atoms with E-state index in [0.717, 1.165) is 0 Å². The summed E-state index contributed by atoms with van der Waals surface area (Å²) in [7, 11) is -3.71. The van der Waals surface area contributed by atoms with Crippen molar-refractivity contribution in [1.29, 1.82) is 0 Å². The van der Waals surface area contributed by atoms with E-state index in [1.54, 1.807) is 0 Å². The Morgan fingerprint density at radius 2 is 1.85 bits per heavy atom. The molecule has 0 amide bonds. The quantitative estimate of drug-likeness (QED) is 0.440. The Bertz CT molecular complexity index is 219. The van der Waals surface area contributed by atoms with Gasteiger partial charge < -0.3 is 8.65 Å². The van der Waals surface area contributed by atoms with Crippen LogP contribution in [0.5, 0.6) is 0 Å². The maximum absolute atomic E-state index is 11.9. The van der Waals surface area contributed by atoms with Gasteiger partial charge in [-0.1, -0.05) is 0 Å². The normalized spacial score (nSPS) is 16.7. The fraction of sp³-hybridized carbons (Fsp3) is 1.00. The Hall–Kier alpha value is 0.00494. The molecule has 0 aromatic carbocycles. The lowest BCUT2D eigenvalue weighted by Gasteiger charge is -2.06. The number of hydrogen-bond acceptors (Lipinski definition) is 3. The van der Waals surface area contributed by atoms with Crippen molar-refractivity contribution in [2.45, 2.75) is 6.08 Å². The Balaban J connectivity index is 4.00. The fourth-order valence-corrected chi connectivity index (χ4v) is 1.44. The molecule has 0 aliphatic heterocycles. The Labute approximate surface area is 75.7 Å². The molecule has 0 aliphatic carbocycles. The molecule has 78 valence electrons. The smallest absolute Gasteiger partial charge is 0.308 e. The first-order valence-corrected chi connectivity index (χ1v) is 5.09. The molecule has 0 aromatic heterocycles. The van der Waals surface area contributed by atoms with Crippen LogP contribution in [0.2, 0.25) is 0 Å². The predicted molar refractivity (Wildman–Crippen MR) is 37.8 cm³/mol. The van der Waals surface area contributed by atoms with Crippen molar-refractivity contribution >= 4 is 29.4 Å². The third-order valence-corrected chi connectivity index (χ3v) is 2.61. The van der Waals surface area contributed by atoms with Crippen LogP contribution >= 0.6 is 0 Å². The summed E-state index contributed by atoms with van der Waals surface area (Å²) in [6.07, 6.45) is -5.29. The topological polar surface area (TPSA) is 63.6 Å². The van der Waals surface area contributed by atoms with E-state index in [1.165, 1.54) is 0 Å². The van der Waals surface area contributed by atoms with Crippen LogP contribution in [-0.2, 0) is 26.3 Å². The Morgan fingerprint density at radius 3 is 2.15 bits per heavy atom. The average molecular weight is 242 g/mol. The molecule has 13 heavy (non-hydrogen) atoms. The standard InChI is InChI=1S/C2H3BF4O4S2/c4-2(5,6)3(7)11-13(10)1-12(8)9/h1H2,(H,8,9). The van der Waals surface area contributed by atoms with Crippen LogP contribution < -0.4 is 0 Å². The van der Waals surface area contributed by atoms with Crippen molar-refractivity contribution < 1.29 is 34.6 Å². The minimum Gasteiger partial charge on any atom is -0.308 e. The number of hydrogen-bond donors (Lipinski definition) is 1. The molecule has 4 nitrogen and oxygen atoms in total. The molecule has 0 heterocycles. The van der Waals surface area contributed by atoms with Crippen molar-refractivity contribution in [1.82, 2.24) is 0 Å². The highest BCUT2D eigenvalue weighted by atomic mass is 32.3. The molecule has 0 saturated carbocycles. The third kappa shape index (κ3) is 6.13. The summed E-state index contributed by atoms with van der Waals surface area (Å²) in [5.74, 6) is 0. The maximum Gasteiger partial charge on any atom is 0.628 e. The van der Waals surface area contributed by atoms with E-state index in [0.29, 0.717) is 0 Å². The van der Waals surface area contributed by atoms with Crippen LogP contribution in [0.15, 0.2) is 0 Å². The first kappa shape index (κ1) is 13.0. The van der Waals surface area contributed by atoms with Gasteiger partial charge in [-0.2, -0.15) is 13.2 Å². The lowest BCUT2D eigenvalue weighted by atomic mass is 9.96. The van der Waals surface area contributed by atoms with Crippen molar-refractivity contribution in [3.05, 3.63) is 0 Å². The van der Waals surface area contributed by atoms with Crippen LogP contribution in [0.1, 0.15) is 0 Å². The van der Waals surface area contributed by atoms with Crippen LogP contribution in [0.4, 0.5) is 17.5 Å². The zero-order valence-corrected chi connectivity index (χ0v) is 7.42.